The van der Waals surface area contributed by atoms with Crippen LogP contribution in [0.2, 0.25) is 0 Å². The molecule has 1 aliphatic heterocycles. The fourth-order valence-corrected chi connectivity index (χ4v) is 3.51. The number of nitrogens with zero attached hydrogens (tertiary/aromatic N) is 2. The van der Waals surface area contributed by atoms with Gasteiger partial charge in [-0.15, -0.1) is 0 Å². The smallest absolute Gasteiger partial charge is 0.253 e. The lowest BCUT2D eigenvalue weighted by Crippen LogP contribution is -2.36. The zero-order chi connectivity index (χ0) is 17.6. The van der Waals surface area contributed by atoms with Gasteiger partial charge < -0.3 is 9.64 Å². The summed E-state index contributed by atoms with van der Waals surface area (Å²) < 4.78 is 30.3. The summed E-state index contributed by atoms with van der Waals surface area (Å²) in [6.07, 6.45) is 3.94. The molecule has 1 amide bonds. The van der Waals surface area contributed by atoms with Gasteiger partial charge in [-0.05, 0) is 37.1 Å². The van der Waals surface area contributed by atoms with Crippen LogP contribution in [-0.4, -0.2) is 62.6 Å². The summed E-state index contributed by atoms with van der Waals surface area (Å²) in [5.41, 5.74) is 0.602. The largest absolute Gasteiger partial charge is 0.494 e. The highest BCUT2D eigenvalue weighted by molar-refractivity contribution is 7.88. The quantitative estimate of drug-likeness (QED) is 0.733. The van der Waals surface area contributed by atoms with Crippen molar-refractivity contribution in [2.45, 2.75) is 26.2 Å². The molecule has 0 unspecified atom stereocenters. The maximum absolute atomic E-state index is 12.6. The molecule has 2 rings (SSSR count). The summed E-state index contributed by atoms with van der Waals surface area (Å²) in [4.78, 5) is 14.3. The van der Waals surface area contributed by atoms with Gasteiger partial charge in [0.2, 0.25) is 10.0 Å². The molecular formula is C17H26N2O4S. The Hall–Kier alpha value is -1.60. The van der Waals surface area contributed by atoms with E-state index in [0.29, 0.717) is 44.8 Å². The van der Waals surface area contributed by atoms with E-state index in [9.17, 15) is 13.2 Å². The molecule has 0 saturated carbocycles. The Morgan fingerprint density at radius 3 is 2.46 bits per heavy atom. The van der Waals surface area contributed by atoms with E-state index in [2.05, 4.69) is 6.92 Å². The normalized spacial score (nSPS) is 16.7. The van der Waals surface area contributed by atoms with Crippen molar-refractivity contribution in [3.8, 4) is 5.75 Å². The third kappa shape index (κ3) is 5.21. The molecular weight excluding hydrogens is 328 g/mol. The predicted molar refractivity (Wildman–Crippen MR) is 93.8 cm³/mol. The van der Waals surface area contributed by atoms with Crippen LogP contribution in [0, 0.1) is 0 Å². The molecule has 24 heavy (non-hydrogen) atoms. The molecule has 1 heterocycles. The zero-order valence-corrected chi connectivity index (χ0v) is 15.2. The number of amides is 1. The summed E-state index contributed by atoms with van der Waals surface area (Å²) in [5, 5.41) is 0. The second-order valence-electron chi connectivity index (χ2n) is 6.03. The highest BCUT2D eigenvalue weighted by Crippen LogP contribution is 2.16. The Kier molecular flexibility index (Phi) is 6.62. The minimum absolute atomic E-state index is 0.0644. The SMILES string of the molecule is CCCCOc1ccc(C(=O)N2CCCN(S(C)(=O)=O)CC2)cc1. The maximum Gasteiger partial charge on any atom is 0.253 e. The number of carbonyl (C=O) groups excluding carboxylic acids is 1. The Bertz CT molecular complexity index is 643. The second kappa shape index (κ2) is 8.48. The van der Waals surface area contributed by atoms with Gasteiger partial charge in [0.05, 0.1) is 12.9 Å². The van der Waals surface area contributed by atoms with Crippen molar-refractivity contribution in [1.82, 2.24) is 9.21 Å². The number of sulfonamides is 1. The van der Waals surface area contributed by atoms with Crippen molar-refractivity contribution in [3.63, 3.8) is 0 Å². The first-order chi connectivity index (χ1) is 11.4. The van der Waals surface area contributed by atoms with Crippen LogP contribution in [0.3, 0.4) is 0 Å². The average molecular weight is 354 g/mol. The molecule has 7 heteroatoms. The summed E-state index contributed by atoms with van der Waals surface area (Å²) in [5.74, 6) is 0.699. The molecule has 0 bridgehead atoms. The molecule has 1 saturated heterocycles. The second-order valence-corrected chi connectivity index (χ2v) is 8.02. The number of hydrogen-bond donors (Lipinski definition) is 0. The molecule has 1 aromatic rings. The molecule has 6 nitrogen and oxygen atoms in total. The molecule has 0 aromatic heterocycles. The lowest BCUT2D eigenvalue weighted by molar-refractivity contribution is 0.0764. The Morgan fingerprint density at radius 1 is 1.12 bits per heavy atom. The van der Waals surface area contributed by atoms with Gasteiger partial charge in [0, 0.05) is 31.7 Å². The molecule has 0 aliphatic carbocycles. The molecule has 134 valence electrons. The van der Waals surface area contributed by atoms with E-state index in [4.69, 9.17) is 4.74 Å². The Morgan fingerprint density at radius 2 is 1.83 bits per heavy atom. The molecule has 1 fully saturated rings. The van der Waals surface area contributed by atoms with Crippen molar-refractivity contribution < 1.29 is 17.9 Å². The third-order valence-corrected chi connectivity index (χ3v) is 5.38. The van der Waals surface area contributed by atoms with Crippen LogP contribution >= 0.6 is 0 Å². The minimum atomic E-state index is -3.20. The third-order valence-electron chi connectivity index (χ3n) is 4.08. The van der Waals surface area contributed by atoms with E-state index in [0.717, 1.165) is 18.6 Å². The highest BCUT2D eigenvalue weighted by Gasteiger charge is 2.24. The topological polar surface area (TPSA) is 66.9 Å². The van der Waals surface area contributed by atoms with Crippen LogP contribution in [0.5, 0.6) is 5.75 Å². The molecule has 1 aliphatic rings. The van der Waals surface area contributed by atoms with Gasteiger partial charge in [-0.1, -0.05) is 13.3 Å². The van der Waals surface area contributed by atoms with Crippen LogP contribution in [0.15, 0.2) is 24.3 Å². The van der Waals surface area contributed by atoms with E-state index in [1.165, 1.54) is 10.6 Å². The lowest BCUT2D eigenvalue weighted by Gasteiger charge is -2.21. The zero-order valence-electron chi connectivity index (χ0n) is 14.4. The molecule has 0 radical (unpaired) electrons. The lowest BCUT2D eigenvalue weighted by atomic mass is 10.2. The number of carbonyl (C=O) groups is 1. The van der Waals surface area contributed by atoms with Crippen LogP contribution in [0.25, 0.3) is 0 Å². The highest BCUT2D eigenvalue weighted by atomic mass is 32.2. The number of hydrogen-bond acceptors (Lipinski definition) is 4. The van der Waals surface area contributed by atoms with E-state index in [1.54, 1.807) is 17.0 Å². The summed E-state index contributed by atoms with van der Waals surface area (Å²) >= 11 is 0. The average Bonchev–Trinajstić information content (AvgIpc) is 2.81. The summed E-state index contributed by atoms with van der Waals surface area (Å²) in [7, 11) is -3.20. The fourth-order valence-electron chi connectivity index (χ4n) is 2.64. The summed E-state index contributed by atoms with van der Waals surface area (Å²) in [6, 6.07) is 7.15. The Labute approximate surface area is 144 Å². The van der Waals surface area contributed by atoms with Crippen molar-refractivity contribution in [3.05, 3.63) is 29.8 Å². The Balaban J connectivity index is 1.96. The van der Waals surface area contributed by atoms with Crippen molar-refractivity contribution in [1.29, 1.82) is 0 Å². The fraction of sp³-hybridized carbons (Fsp3) is 0.588. The monoisotopic (exact) mass is 354 g/mol. The van der Waals surface area contributed by atoms with Gasteiger partial charge in [0.25, 0.3) is 5.91 Å². The van der Waals surface area contributed by atoms with Gasteiger partial charge in [-0.25, -0.2) is 12.7 Å². The standard InChI is InChI=1S/C17H26N2O4S/c1-3-4-14-23-16-8-6-15(7-9-16)17(20)18-10-5-11-19(13-12-18)24(2,21)22/h6-9H,3-5,10-14H2,1-2H3. The van der Waals surface area contributed by atoms with Crippen molar-refractivity contribution in [2.75, 3.05) is 39.0 Å². The van der Waals surface area contributed by atoms with Crippen LogP contribution in [-0.2, 0) is 10.0 Å². The van der Waals surface area contributed by atoms with Gasteiger partial charge >= 0.3 is 0 Å². The predicted octanol–water partition coefficient (Wildman–Crippen LogP) is 1.97. The van der Waals surface area contributed by atoms with Crippen molar-refractivity contribution >= 4 is 15.9 Å². The van der Waals surface area contributed by atoms with E-state index in [-0.39, 0.29) is 5.91 Å². The first-order valence-corrected chi connectivity index (χ1v) is 10.2. The van der Waals surface area contributed by atoms with Crippen LogP contribution in [0.4, 0.5) is 0 Å². The first kappa shape index (κ1) is 18.7. The number of benzene rings is 1. The van der Waals surface area contributed by atoms with E-state index in [1.807, 2.05) is 12.1 Å². The van der Waals surface area contributed by atoms with Crippen LogP contribution in [0.1, 0.15) is 36.5 Å². The molecule has 1 aromatic carbocycles. The van der Waals surface area contributed by atoms with Gasteiger partial charge in [-0.2, -0.15) is 0 Å². The summed E-state index contributed by atoms with van der Waals surface area (Å²) in [6.45, 7) is 4.59. The molecule has 0 spiro atoms. The number of unbranched alkanes of at least 4 members (excludes halogenated alkanes) is 1. The van der Waals surface area contributed by atoms with Crippen LogP contribution < -0.4 is 4.74 Å². The van der Waals surface area contributed by atoms with Crippen molar-refractivity contribution in [2.24, 2.45) is 0 Å². The van der Waals surface area contributed by atoms with E-state index >= 15 is 0 Å². The minimum Gasteiger partial charge on any atom is -0.494 e. The first-order valence-electron chi connectivity index (χ1n) is 8.39. The molecule has 0 N–H and O–H groups in total. The maximum atomic E-state index is 12.6. The van der Waals surface area contributed by atoms with Gasteiger partial charge in [0.1, 0.15) is 5.75 Å². The number of ether oxygens (including phenoxy) is 1. The van der Waals surface area contributed by atoms with Gasteiger partial charge in [0.15, 0.2) is 0 Å². The molecule has 0 atom stereocenters. The van der Waals surface area contributed by atoms with E-state index < -0.39 is 10.0 Å². The number of rotatable bonds is 6. The van der Waals surface area contributed by atoms with Gasteiger partial charge in [-0.3, -0.25) is 4.79 Å².